The summed E-state index contributed by atoms with van der Waals surface area (Å²) in [7, 11) is 0. The highest BCUT2D eigenvalue weighted by atomic mass is 16.6. The minimum Gasteiger partial charge on any atom is -0.444 e. The van der Waals surface area contributed by atoms with E-state index in [9.17, 15) is 9.59 Å². The fourth-order valence-electron chi connectivity index (χ4n) is 5.01. The Hall–Kier alpha value is -2.08. The van der Waals surface area contributed by atoms with Crippen molar-refractivity contribution in [1.82, 2.24) is 15.1 Å². The SMILES string of the molecule is CC(C)(C)OC(=O)N1CC2(CN(Cc3ccccc3)CC23CCNC3=O)C1. The van der Waals surface area contributed by atoms with Crippen LogP contribution in [0, 0.1) is 10.8 Å². The number of fused-ring (bicyclic) bond motifs is 1. The Morgan fingerprint density at radius 1 is 1.15 bits per heavy atom. The lowest BCUT2D eigenvalue weighted by Crippen LogP contribution is -2.67. The van der Waals surface area contributed by atoms with Gasteiger partial charge in [0.25, 0.3) is 0 Å². The molecule has 4 rings (SSSR count). The maximum atomic E-state index is 12.8. The van der Waals surface area contributed by atoms with Gasteiger partial charge < -0.3 is 15.0 Å². The third-order valence-electron chi connectivity index (χ3n) is 6.19. The number of rotatable bonds is 2. The predicted octanol–water partition coefficient (Wildman–Crippen LogP) is 2.25. The van der Waals surface area contributed by atoms with Crippen molar-refractivity contribution < 1.29 is 14.3 Å². The first-order chi connectivity index (χ1) is 12.7. The molecule has 0 aromatic heterocycles. The van der Waals surface area contributed by atoms with Crippen LogP contribution in [0.4, 0.5) is 4.79 Å². The zero-order valence-electron chi connectivity index (χ0n) is 16.5. The predicted molar refractivity (Wildman–Crippen MR) is 102 cm³/mol. The minimum absolute atomic E-state index is 0.155. The van der Waals surface area contributed by atoms with Crippen molar-refractivity contribution in [3.63, 3.8) is 0 Å². The Morgan fingerprint density at radius 2 is 1.85 bits per heavy atom. The first-order valence-corrected chi connectivity index (χ1v) is 9.76. The fraction of sp³-hybridized carbons (Fsp3) is 0.619. The van der Waals surface area contributed by atoms with Crippen LogP contribution in [0.25, 0.3) is 0 Å². The number of nitrogens with one attached hydrogen (secondary N) is 1. The van der Waals surface area contributed by atoms with E-state index in [-0.39, 0.29) is 22.8 Å². The second kappa shape index (κ2) is 6.23. The van der Waals surface area contributed by atoms with E-state index in [4.69, 9.17) is 4.74 Å². The third kappa shape index (κ3) is 3.10. The zero-order chi connectivity index (χ0) is 19.3. The largest absolute Gasteiger partial charge is 0.444 e. The number of hydrogen-bond acceptors (Lipinski definition) is 4. The van der Waals surface area contributed by atoms with E-state index in [0.29, 0.717) is 13.1 Å². The van der Waals surface area contributed by atoms with E-state index in [1.807, 2.05) is 39.0 Å². The van der Waals surface area contributed by atoms with Crippen molar-refractivity contribution in [2.75, 3.05) is 32.7 Å². The Kier molecular flexibility index (Phi) is 4.22. The molecule has 1 N–H and O–H groups in total. The van der Waals surface area contributed by atoms with Crippen LogP contribution in [0.5, 0.6) is 0 Å². The Balaban J connectivity index is 1.51. The smallest absolute Gasteiger partial charge is 0.410 e. The number of carbonyl (C=O) groups is 2. The molecule has 1 unspecified atom stereocenters. The van der Waals surface area contributed by atoms with Gasteiger partial charge in [0.2, 0.25) is 5.91 Å². The molecule has 3 aliphatic heterocycles. The van der Waals surface area contributed by atoms with Gasteiger partial charge in [-0.05, 0) is 32.8 Å². The standard InChI is InChI=1S/C21H29N3O3/c1-19(2,3)27-18(26)24-13-20(14-24)12-23(11-16-7-5-4-6-8-16)15-21(20)9-10-22-17(21)25/h4-8H,9-15H2,1-3H3,(H,22,25). The highest BCUT2D eigenvalue weighted by Gasteiger charge is 2.68. The van der Waals surface area contributed by atoms with Crippen molar-refractivity contribution in [3.8, 4) is 0 Å². The van der Waals surface area contributed by atoms with Gasteiger partial charge in [-0.3, -0.25) is 9.69 Å². The van der Waals surface area contributed by atoms with Crippen LogP contribution in [0.15, 0.2) is 30.3 Å². The van der Waals surface area contributed by atoms with Crippen LogP contribution in [-0.2, 0) is 16.1 Å². The van der Waals surface area contributed by atoms with Crippen molar-refractivity contribution in [2.24, 2.45) is 10.8 Å². The average Bonchev–Trinajstić information content (AvgIpc) is 3.07. The summed E-state index contributed by atoms with van der Waals surface area (Å²) in [5.74, 6) is 0.155. The number of amides is 2. The van der Waals surface area contributed by atoms with Crippen LogP contribution in [-0.4, -0.2) is 60.1 Å². The summed E-state index contributed by atoms with van der Waals surface area (Å²) in [5.41, 5.74) is 0.197. The first kappa shape index (κ1) is 18.3. The summed E-state index contributed by atoms with van der Waals surface area (Å²) in [5, 5.41) is 3.04. The second-order valence-electron chi connectivity index (χ2n) is 9.34. The van der Waals surface area contributed by atoms with Gasteiger partial charge in [0.1, 0.15) is 5.60 Å². The van der Waals surface area contributed by atoms with Crippen molar-refractivity contribution in [3.05, 3.63) is 35.9 Å². The Morgan fingerprint density at radius 3 is 2.44 bits per heavy atom. The van der Waals surface area contributed by atoms with Gasteiger partial charge in [-0.25, -0.2) is 4.79 Å². The van der Waals surface area contributed by atoms with Crippen LogP contribution < -0.4 is 5.32 Å². The van der Waals surface area contributed by atoms with Crippen LogP contribution in [0.3, 0.4) is 0 Å². The maximum absolute atomic E-state index is 12.8. The van der Waals surface area contributed by atoms with Crippen molar-refractivity contribution >= 4 is 12.0 Å². The third-order valence-corrected chi connectivity index (χ3v) is 6.19. The molecule has 0 aliphatic carbocycles. The summed E-state index contributed by atoms with van der Waals surface area (Å²) >= 11 is 0. The molecule has 6 heteroatoms. The molecule has 2 spiro atoms. The molecule has 0 bridgehead atoms. The molecule has 6 nitrogen and oxygen atoms in total. The molecule has 146 valence electrons. The summed E-state index contributed by atoms with van der Waals surface area (Å²) in [6.07, 6.45) is 0.572. The molecule has 1 atom stereocenters. The number of ether oxygens (including phenoxy) is 1. The number of hydrogen-bond donors (Lipinski definition) is 1. The van der Waals surface area contributed by atoms with E-state index in [1.54, 1.807) is 4.90 Å². The summed E-state index contributed by atoms with van der Waals surface area (Å²) < 4.78 is 5.52. The Labute approximate surface area is 160 Å². The van der Waals surface area contributed by atoms with E-state index in [2.05, 4.69) is 22.3 Å². The highest BCUT2D eigenvalue weighted by Crippen LogP contribution is 2.56. The number of nitrogens with zero attached hydrogens (tertiary/aromatic N) is 2. The highest BCUT2D eigenvalue weighted by molar-refractivity contribution is 5.87. The normalized spacial score (nSPS) is 27.1. The molecule has 3 saturated heterocycles. The Bertz CT molecular complexity index is 737. The molecule has 0 radical (unpaired) electrons. The zero-order valence-corrected chi connectivity index (χ0v) is 16.5. The monoisotopic (exact) mass is 371 g/mol. The molecule has 27 heavy (non-hydrogen) atoms. The van der Waals surface area contributed by atoms with Crippen molar-refractivity contribution in [2.45, 2.75) is 39.3 Å². The lowest BCUT2D eigenvalue weighted by molar-refractivity contribution is -0.140. The molecule has 3 heterocycles. The van der Waals surface area contributed by atoms with Crippen LogP contribution in [0.2, 0.25) is 0 Å². The molecular weight excluding hydrogens is 342 g/mol. The van der Waals surface area contributed by atoms with Gasteiger partial charge in [0.05, 0.1) is 5.41 Å². The van der Waals surface area contributed by atoms with E-state index >= 15 is 0 Å². The molecule has 1 aromatic carbocycles. The number of carbonyl (C=O) groups excluding carboxylic acids is 2. The number of benzene rings is 1. The van der Waals surface area contributed by atoms with E-state index in [1.165, 1.54) is 5.56 Å². The number of likely N-dealkylation sites (tertiary alicyclic amines) is 2. The van der Waals surface area contributed by atoms with Crippen molar-refractivity contribution in [1.29, 1.82) is 0 Å². The maximum Gasteiger partial charge on any atom is 0.410 e. The minimum atomic E-state index is -0.503. The molecule has 3 aliphatic rings. The second-order valence-corrected chi connectivity index (χ2v) is 9.34. The fourth-order valence-corrected chi connectivity index (χ4v) is 5.01. The molecular formula is C21H29N3O3. The molecule has 2 amide bonds. The van der Waals surface area contributed by atoms with E-state index in [0.717, 1.165) is 32.6 Å². The van der Waals surface area contributed by atoms with Gasteiger partial charge in [0, 0.05) is 44.7 Å². The molecule has 3 fully saturated rings. The van der Waals surface area contributed by atoms with Crippen LogP contribution in [0.1, 0.15) is 32.8 Å². The van der Waals surface area contributed by atoms with Gasteiger partial charge in [-0.15, -0.1) is 0 Å². The quantitative estimate of drug-likeness (QED) is 0.866. The average molecular weight is 371 g/mol. The van der Waals surface area contributed by atoms with Crippen LogP contribution >= 0.6 is 0 Å². The topological polar surface area (TPSA) is 61.9 Å². The van der Waals surface area contributed by atoms with Gasteiger partial charge in [-0.2, -0.15) is 0 Å². The molecule has 1 aromatic rings. The van der Waals surface area contributed by atoms with Gasteiger partial charge in [0.15, 0.2) is 0 Å². The summed E-state index contributed by atoms with van der Waals surface area (Å²) in [4.78, 5) is 29.4. The van der Waals surface area contributed by atoms with E-state index < -0.39 is 5.60 Å². The molecule has 0 saturated carbocycles. The first-order valence-electron chi connectivity index (χ1n) is 9.76. The lowest BCUT2D eigenvalue weighted by atomic mass is 9.60. The van der Waals surface area contributed by atoms with Gasteiger partial charge in [-0.1, -0.05) is 30.3 Å². The summed E-state index contributed by atoms with van der Waals surface area (Å²) in [6.45, 7) is 10.00. The van der Waals surface area contributed by atoms with Gasteiger partial charge >= 0.3 is 6.09 Å². The lowest BCUT2D eigenvalue weighted by Gasteiger charge is -2.54. The summed E-state index contributed by atoms with van der Waals surface area (Å²) in [6, 6.07) is 10.4.